The fourth-order valence-corrected chi connectivity index (χ4v) is 57.1. The van der Waals surface area contributed by atoms with Gasteiger partial charge in [-0.3, -0.25) is 4.79 Å². The van der Waals surface area contributed by atoms with Crippen molar-refractivity contribution < 1.29 is 42.1 Å². The standard InChI is InChI=1S/C38H100O10Si13/c1-37(2)38(39)27-26-28-40-56(18,19)33-35-61(46-57(20,21)31-29-49-41-51(3,4)5,47-58(22,23)32-30-50-42-52(6,7)8)48-59(24,25)34-36-60(43-53(9,10)11,44-54(12,13)14)45-55(15,16)17/h1,26-36,49-50H2,2-25H3. The molecule has 0 aromatic carbocycles. The number of carbonyl (C=O) groups is 1. The van der Waals surface area contributed by atoms with Crippen molar-refractivity contribution in [2.45, 2.75) is 219 Å². The van der Waals surface area contributed by atoms with E-state index < -0.39 is 112 Å². The highest BCUT2D eigenvalue weighted by molar-refractivity contribution is 6.93. The number of rotatable bonds is 34. The number of ketones is 1. The van der Waals surface area contributed by atoms with Crippen LogP contribution >= 0.6 is 0 Å². The highest BCUT2D eigenvalue weighted by Gasteiger charge is 2.55. The zero-order chi connectivity index (χ0) is 48.2. The molecule has 0 radical (unpaired) electrons. The molecule has 0 saturated carbocycles. The summed E-state index contributed by atoms with van der Waals surface area (Å²) >= 11 is 0. The molecular weight excluding hydrogens is 982 g/mol. The number of Topliss-reactive ketones (excluding diaryl/α,β-unsaturated/α-hetero) is 1. The Morgan fingerprint density at radius 3 is 1.05 bits per heavy atom. The molecule has 0 rings (SSSR count). The van der Waals surface area contributed by atoms with E-state index in [2.05, 4.69) is 157 Å². The predicted molar refractivity (Wildman–Crippen MR) is 297 cm³/mol. The molecule has 0 aromatic heterocycles. The predicted octanol–water partition coefficient (Wildman–Crippen LogP) is 11.9. The lowest BCUT2D eigenvalue weighted by Gasteiger charge is -2.47. The van der Waals surface area contributed by atoms with Crippen LogP contribution in [0.25, 0.3) is 0 Å². The second kappa shape index (κ2) is 24.9. The van der Waals surface area contributed by atoms with Crippen LogP contribution in [-0.4, -0.2) is 124 Å². The van der Waals surface area contributed by atoms with Crippen LogP contribution in [0.2, 0.25) is 199 Å². The molecule has 0 atom stereocenters. The SMILES string of the molecule is C=C(C)C(=O)CCCO[Si](C)(C)CC[Si](O[Si](C)(C)CC[SiH2]O[Si](C)(C)C)(O[Si](C)(C)CC[SiH2]O[Si](C)(C)C)O[Si](C)(C)CC[Si](O[Si](C)(C)C)(O[Si](C)(C)C)O[Si](C)(C)C. The fourth-order valence-electron chi connectivity index (χ4n) is 6.77. The lowest BCUT2D eigenvalue weighted by molar-refractivity contribution is -0.115. The summed E-state index contributed by atoms with van der Waals surface area (Å²) in [6, 6.07) is 7.45. The van der Waals surface area contributed by atoms with Crippen molar-refractivity contribution in [3.63, 3.8) is 0 Å². The van der Waals surface area contributed by atoms with Gasteiger partial charge in [-0.1, -0.05) is 6.58 Å². The van der Waals surface area contributed by atoms with Crippen LogP contribution in [0.4, 0.5) is 0 Å². The molecule has 0 aliphatic heterocycles. The Balaban J connectivity index is 7.30. The van der Waals surface area contributed by atoms with Gasteiger partial charge < -0.3 is 37.3 Å². The number of hydrogen-bond donors (Lipinski definition) is 0. The number of hydrogen-bond acceptors (Lipinski definition) is 10. The molecule has 364 valence electrons. The lowest BCUT2D eigenvalue weighted by atomic mass is 10.1. The van der Waals surface area contributed by atoms with E-state index in [1.807, 2.05) is 0 Å². The highest BCUT2D eigenvalue weighted by atomic mass is 28.5. The van der Waals surface area contributed by atoms with Crippen LogP contribution in [0.1, 0.15) is 19.8 Å². The average Bonchev–Trinajstić information content (AvgIpc) is 2.97. The zero-order valence-electron chi connectivity index (χ0n) is 44.5. The van der Waals surface area contributed by atoms with E-state index in [0.717, 1.165) is 48.4 Å². The minimum atomic E-state index is -3.36. The monoisotopic (exact) mass is 1080 g/mol. The van der Waals surface area contributed by atoms with Gasteiger partial charge in [0.15, 0.2) is 80.6 Å². The maximum absolute atomic E-state index is 12.3. The van der Waals surface area contributed by atoms with Gasteiger partial charge >= 0.3 is 17.6 Å². The Hall–Kier alpha value is 1.87. The Bertz CT molecular complexity index is 1260. The number of allylic oxidation sites excluding steroid dienone is 1. The van der Waals surface area contributed by atoms with Crippen molar-refractivity contribution in [1.29, 1.82) is 0 Å². The van der Waals surface area contributed by atoms with Crippen molar-refractivity contribution in [1.82, 2.24) is 0 Å². The third kappa shape index (κ3) is 33.1. The molecule has 23 heteroatoms. The molecule has 10 nitrogen and oxygen atoms in total. The normalized spacial score (nSPS) is 16.0. The smallest absolute Gasteiger partial charge is 0.461 e. The summed E-state index contributed by atoms with van der Waals surface area (Å²) in [6.45, 7) is 59.1. The lowest BCUT2D eigenvalue weighted by Crippen LogP contribution is -2.63. The quantitative estimate of drug-likeness (QED) is 0.0352. The second-order valence-electron chi connectivity index (χ2n) is 24.6. The summed E-state index contributed by atoms with van der Waals surface area (Å²) < 4.78 is 64.5. The summed E-state index contributed by atoms with van der Waals surface area (Å²) in [6.07, 6.45) is 1.17. The first-order valence-corrected chi connectivity index (χ1v) is 59.7. The molecule has 0 spiro atoms. The Labute approximate surface area is 394 Å². The second-order valence-corrected chi connectivity index (χ2v) is 75.3. The molecule has 0 aliphatic rings. The molecule has 0 amide bonds. The van der Waals surface area contributed by atoms with Gasteiger partial charge in [0.1, 0.15) is 19.5 Å². The largest absolute Gasteiger partial charge is 0.469 e. The topological polar surface area (TPSA) is 100 Å². The Kier molecular flexibility index (Phi) is 25.7. The third-order valence-electron chi connectivity index (χ3n) is 9.18. The van der Waals surface area contributed by atoms with Gasteiger partial charge in [0.05, 0.1) is 0 Å². The van der Waals surface area contributed by atoms with Crippen LogP contribution in [0.5, 0.6) is 0 Å². The molecular formula is C38H100O10Si13. The van der Waals surface area contributed by atoms with Crippen LogP contribution in [0.3, 0.4) is 0 Å². The van der Waals surface area contributed by atoms with Gasteiger partial charge in [0.2, 0.25) is 0 Å². The van der Waals surface area contributed by atoms with Crippen LogP contribution in [0.15, 0.2) is 12.2 Å². The summed E-state index contributed by atoms with van der Waals surface area (Å²) in [5, 5.41) is 0. The van der Waals surface area contributed by atoms with Crippen LogP contribution in [0, 0.1) is 0 Å². The number of carbonyl (C=O) groups excluding carboxylic acids is 1. The van der Waals surface area contributed by atoms with Gasteiger partial charge in [0, 0.05) is 25.1 Å². The average molecular weight is 1080 g/mol. The van der Waals surface area contributed by atoms with Gasteiger partial charge in [-0.15, -0.1) is 0 Å². The van der Waals surface area contributed by atoms with Crippen molar-refractivity contribution in [3.05, 3.63) is 12.2 Å². The zero-order valence-corrected chi connectivity index (χ0v) is 58.3. The molecule has 61 heavy (non-hydrogen) atoms. The van der Waals surface area contributed by atoms with E-state index in [0.29, 0.717) is 25.0 Å². The summed E-state index contributed by atoms with van der Waals surface area (Å²) in [5.74, 6) is 0.112. The molecule has 0 aliphatic carbocycles. The molecule has 0 bridgehead atoms. The van der Waals surface area contributed by atoms with Crippen LogP contribution < -0.4 is 0 Å². The molecule has 0 heterocycles. The van der Waals surface area contributed by atoms with E-state index in [1.54, 1.807) is 6.92 Å². The first-order chi connectivity index (χ1) is 26.9. The van der Waals surface area contributed by atoms with Crippen molar-refractivity contribution >= 4 is 118 Å². The first-order valence-electron chi connectivity index (χ1n) is 23.2. The van der Waals surface area contributed by atoms with E-state index >= 15 is 0 Å². The molecule has 0 saturated heterocycles. The van der Waals surface area contributed by atoms with E-state index in [-0.39, 0.29) is 5.78 Å². The van der Waals surface area contributed by atoms with Crippen molar-refractivity contribution in [2.24, 2.45) is 0 Å². The van der Waals surface area contributed by atoms with Gasteiger partial charge in [-0.2, -0.15) is 0 Å². The Morgan fingerprint density at radius 2 is 0.738 bits per heavy atom. The fraction of sp³-hybridized carbons (Fsp3) is 0.921. The Morgan fingerprint density at radius 1 is 0.426 bits per heavy atom. The summed E-state index contributed by atoms with van der Waals surface area (Å²) in [4.78, 5) is 12.3. The molecule has 0 N–H and O–H groups in total. The molecule has 0 unspecified atom stereocenters. The molecule has 0 fully saturated rings. The highest BCUT2D eigenvalue weighted by Crippen LogP contribution is 2.38. The first kappa shape index (κ1) is 62.9. The maximum Gasteiger partial charge on any atom is 0.469 e. The van der Waals surface area contributed by atoms with Gasteiger partial charge in [-0.05, 0) is 206 Å². The van der Waals surface area contributed by atoms with E-state index in [4.69, 9.17) is 37.3 Å². The van der Waals surface area contributed by atoms with Gasteiger partial charge in [-0.25, -0.2) is 0 Å². The van der Waals surface area contributed by atoms with Crippen LogP contribution in [-0.2, 0) is 42.1 Å². The minimum Gasteiger partial charge on any atom is -0.461 e. The van der Waals surface area contributed by atoms with E-state index in [9.17, 15) is 4.79 Å². The van der Waals surface area contributed by atoms with Crippen molar-refractivity contribution in [3.8, 4) is 0 Å². The van der Waals surface area contributed by atoms with Crippen molar-refractivity contribution in [2.75, 3.05) is 6.61 Å². The molecule has 0 aromatic rings. The van der Waals surface area contributed by atoms with Gasteiger partial charge in [0.25, 0.3) is 0 Å². The summed E-state index contributed by atoms with van der Waals surface area (Å²) in [7, 11) is -26.5. The minimum absolute atomic E-state index is 0.112. The summed E-state index contributed by atoms with van der Waals surface area (Å²) in [5.41, 5.74) is 0.611. The third-order valence-corrected chi connectivity index (χ3v) is 51.6. The maximum atomic E-state index is 12.3. The van der Waals surface area contributed by atoms with E-state index in [1.165, 1.54) is 0 Å².